The third kappa shape index (κ3) is 6.25. The van der Waals surface area contributed by atoms with Gasteiger partial charge in [0.05, 0.1) is 11.1 Å². The fourth-order valence-electron chi connectivity index (χ4n) is 2.34. The number of rotatable bonds is 6. The van der Waals surface area contributed by atoms with Gasteiger partial charge >= 0.3 is 61.7 Å². The monoisotopic (exact) mass is 470 g/mol. The van der Waals surface area contributed by atoms with Gasteiger partial charge in [0.2, 0.25) is 0 Å². The molecule has 31 heavy (non-hydrogen) atoms. The summed E-state index contributed by atoms with van der Waals surface area (Å²) in [5.74, 6) is -2.47. The second-order valence-corrected chi connectivity index (χ2v) is 8.95. The molecule has 8 nitrogen and oxygen atoms in total. The minimum atomic E-state index is -4.37. The molecule has 0 aromatic heterocycles. The Labute approximate surface area is 201 Å². The second kappa shape index (κ2) is 10.2. The van der Waals surface area contributed by atoms with E-state index in [4.69, 9.17) is 0 Å². The molecule has 0 fully saturated rings. The summed E-state index contributed by atoms with van der Waals surface area (Å²) in [7, 11) is -8.73. The van der Waals surface area contributed by atoms with E-state index in [0.29, 0.717) is 0 Å². The van der Waals surface area contributed by atoms with Gasteiger partial charge in [-0.3, -0.25) is 0 Å². The Kier molecular flexibility index (Phi) is 8.15. The van der Waals surface area contributed by atoms with E-state index < -0.39 is 32.2 Å². The fourth-order valence-corrected chi connectivity index (χ4v) is 4.10. The SMILES string of the molecule is O=C(OS(=O)(=O)c1ccccc1)c1cccc(C(=O)OS(=O)(=O)c2ccccc2)c1.[NaH]. The molecule has 0 atom stereocenters. The first kappa shape index (κ1) is 24.8. The molecular formula is C20H15NaO8S2. The molecular weight excluding hydrogens is 455 g/mol. The molecule has 0 saturated heterocycles. The van der Waals surface area contributed by atoms with E-state index in [1.165, 1.54) is 66.7 Å². The van der Waals surface area contributed by atoms with Crippen LogP contribution in [-0.4, -0.2) is 58.3 Å². The Hall–Kier alpha value is -2.50. The normalized spacial score (nSPS) is 11.1. The summed E-state index contributed by atoms with van der Waals surface area (Å²) in [5.41, 5.74) is -0.554. The van der Waals surface area contributed by atoms with Gasteiger partial charge in [-0.2, -0.15) is 16.8 Å². The average molecular weight is 470 g/mol. The van der Waals surface area contributed by atoms with Crippen molar-refractivity contribution in [1.82, 2.24) is 0 Å². The van der Waals surface area contributed by atoms with Gasteiger partial charge < -0.3 is 8.37 Å². The van der Waals surface area contributed by atoms with E-state index in [0.717, 1.165) is 6.07 Å². The fraction of sp³-hybridized carbons (Fsp3) is 0. The quantitative estimate of drug-likeness (QED) is 0.397. The number of benzene rings is 3. The third-order valence-corrected chi connectivity index (χ3v) is 6.21. The Morgan fingerprint density at radius 2 is 0.903 bits per heavy atom. The maximum absolute atomic E-state index is 12.2. The van der Waals surface area contributed by atoms with Crippen molar-refractivity contribution < 1.29 is 34.8 Å². The van der Waals surface area contributed by atoms with Gasteiger partial charge in [-0.1, -0.05) is 42.5 Å². The molecule has 0 aliphatic heterocycles. The van der Waals surface area contributed by atoms with Crippen LogP contribution in [0.15, 0.2) is 94.7 Å². The molecule has 3 rings (SSSR count). The van der Waals surface area contributed by atoms with Crippen LogP contribution in [0.4, 0.5) is 0 Å². The van der Waals surface area contributed by atoms with Crippen LogP contribution in [0.5, 0.6) is 0 Å². The van der Waals surface area contributed by atoms with Crippen molar-refractivity contribution in [3.8, 4) is 0 Å². The summed E-state index contributed by atoms with van der Waals surface area (Å²) in [5, 5.41) is 0. The maximum atomic E-state index is 12.2. The molecule has 0 unspecified atom stereocenters. The van der Waals surface area contributed by atoms with Crippen LogP contribution >= 0.6 is 0 Å². The summed E-state index contributed by atoms with van der Waals surface area (Å²) >= 11 is 0. The molecule has 11 heteroatoms. The van der Waals surface area contributed by atoms with Crippen molar-refractivity contribution in [2.45, 2.75) is 9.79 Å². The summed E-state index contributed by atoms with van der Waals surface area (Å²) < 4.78 is 57.8. The van der Waals surface area contributed by atoms with Crippen LogP contribution < -0.4 is 0 Å². The van der Waals surface area contributed by atoms with Gasteiger partial charge in [-0.05, 0) is 42.5 Å². The molecule has 0 aliphatic rings. The topological polar surface area (TPSA) is 121 Å². The number of carbonyl (C=O) groups is 2. The zero-order valence-corrected chi connectivity index (χ0v) is 16.8. The first-order chi connectivity index (χ1) is 14.2. The van der Waals surface area contributed by atoms with Gasteiger partial charge in [-0.25, -0.2) is 9.59 Å². The van der Waals surface area contributed by atoms with Gasteiger partial charge in [0.1, 0.15) is 9.79 Å². The van der Waals surface area contributed by atoms with Crippen LogP contribution in [0.2, 0.25) is 0 Å². The zero-order valence-electron chi connectivity index (χ0n) is 15.2. The van der Waals surface area contributed by atoms with Crippen LogP contribution in [-0.2, 0) is 28.6 Å². The van der Waals surface area contributed by atoms with Crippen molar-refractivity contribution in [1.29, 1.82) is 0 Å². The molecule has 156 valence electrons. The van der Waals surface area contributed by atoms with Crippen LogP contribution in [0.1, 0.15) is 20.7 Å². The summed E-state index contributed by atoms with van der Waals surface area (Å²) in [4.78, 5) is 24.0. The van der Waals surface area contributed by atoms with Gasteiger partial charge in [-0.15, -0.1) is 0 Å². The molecule has 0 N–H and O–H groups in total. The van der Waals surface area contributed by atoms with Crippen molar-refractivity contribution in [3.63, 3.8) is 0 Å². The first-order valence-electron chi connectivity index (χ1n) is 8.37. The zero-order chi connectivity index (χ0) is 21.8. The Balaban J connectivity index is 0.00000341. The van der Waals surface area contributed by atoms with Crippen molar-refractivity contribution in [3.05, 3.63) is 96.1 Å². The molecule has 3 aromatic carbocycles. The van der Waals surface area contributed by atoms with Gasteiger partial charge in [0.15, 0.2) is 0 Å². The molecule has 0 spiro atoms. The van der Waals surface area contributed by atoms with Crippen molar-refractivity contribution in [2.75, 3.05) is 0 Å². The van der Waals surface area contributed by atoms with Crippen LogP contribution in [0.25, 0.3) is 0 Å². The van der Waals surface area contributed by atoms with Gasteiger partial charge in [0, 0.05) is 0 Å². The van der Waals surface area contributed by atoms with E-state index in [2.05, 4.69) is 8.37 Å². The molecule has 0 saturated carbocycles. The Morgan fingerprint density at radius 1 is 0.548 bits per heavy atom. The molecule has 0 bridgehead atoms. The van der Waals surface area contributed by atoms with E-state index in [1.807, 2.05) is 0 Å². The van der Waals surface area contributed by atoms with Gasteiger partial charge in [0.25, 0.3) is 0 Å². The molecule has 3 aromatic rings. The first-order valence-corrected chi connectivity index (χ1v) is 11.2. The number of carbonyl (C=O) groups excluding carboxylic acids is 2. The summed E-state index contributed by atoms with van der Waals surface area (Å²) in [6, 6.07) is 18.7. The predicted molar refractivity (Wildman–Crippen MR) is 112 cm³/mol. The van der Waals surface area contributed by atoms with Crippen molar-refractivity contribution >= 4 is 61.7 Å². The summed E-state index contributed by atoms with van der Waals surface area (Å²) in [6.45, 7) is 0. The number of hydrogen-bond acceptors (Lipinski definition) is 8. The average Bonchev–Trinajstić information content (AvgIpc) is 2.74. The molecule has 0 radical (unpaired) electrons. The summed E-state index contributed by atoms with van der Waals surface area (Å²) in [6.07, 6.45) is 0. The number of hydrogen-bond donors (Lipinski definition) is 0. The third-order valence-electron chi connectivity index (χ3n) is 3.77. The van der Waals surface area contributed by atoms with E-state index in [9.17, 15) is 26.4 Å². The van der Waals surface area contributed by atoms with E-state index in [-0.39, 0.29) is 50.5 Å². The van der Waals surface area contributed by atoms with E-state index >= 15 is 0 Å². The molecule has 0 aliphatic carbocycles. The molecule has 0 amide bonds. The van der Waals surface area contributed by atoms with Crippen molar-refractivity contribution in [2.24, 2.45) is 0 Å². The Bertz CT molecular complexity index is 1190. The minimum absolute atomic E-state index is 0. The Morgan fingerprint density at radius 3 is 1.26 bits per heavy atom. The van der Waals surface area contributed by atoms with Crippen LogP contribution in [0, 0.1) is 0 Å². The van der Waals surface area contributed by atoms with Crippen LogP contribution in [0.3, 0.4) is 0 Å². The predicted octanol–water partition coefficient (Wildman–Crippen LogP) is 2.13. The van der Waals surface area contributed by atoms with E-state index in [1.54, 1.807) is 12.1 Å². The second-order valence-electron chi connectivity index (χ2n) is 5.86. The standard InChI is InChI=1S/C20H14O8S2.Na.H/c21-19(27-29(23,24)17-10-3-1-4-11-17)15-8-7-9-16(14-15)20(22)28-30(25,26)18-12-5-2-6-13-18;;/h1-14H;;. The molecule has 0 heterocycles.